The molecule has 1 heterocycles. The summed E-state index contributed by atoms with van der Waals surface area (Å²) < 4.78 is 5.47. The fraction of sp³-hybridized carbons (Fsp3) is 0.471. The van der Waals surface area contributed by atoms with Crippen molar-refractivity contribution in [2.24, 2.45) is 0 Å². The largest absolute Gasteiger partial charge is 0.407 e. The number of aromatic nitrogens is 2. The Bertz CT molecular complexity index is 623. The van der Waals surface area contributed by atoms with Gasteiger partial charge in [-0.3, -0.25) is 10.1 Å². The first-order chi connectivity index (χ1) is 11.1. The summed E-state index contributed by atoms with van der Waals surface area (Å²) in [5.41, 5.74) is 1.10. The van der Waals surface area contributed by atoms with E-state index in [2.05, 4.69) is 53.6 Å². The number of thioether (sulfide) groups is 1. The molecule has 0 spiro atoms. The van der Waals surface area contributed by atoms with Crippen molar-refractivity contribution in [2.45, 2.75) is 56.6 Å². The highest BCUT2D eigenvalue weighted by molar-refractivity contribution is 7.99. The topological polar surface area (TPSA) is 68.0 Å². The van der Waals surface area contributed by atoms with Gasteiger partial charge in [-0.15, -0.1) is 16.9 Å². The Morgan fingerprint density at radius 2 is 2.00 bits per heavy atom. The molecule has 0 saturated carbocycles. The van der Waals surface area contributed by atoms with E-state index >= 15 is 0 Å². The lowest BCUT2D eigenvalue weighted by molar-refractivity contribution is -0.116. The lowest BCUT2D eigenvalue weighted by Gasteiger charge is -2.05. The van der Waals surface area contributed by atoms with Gasteiger partial charge in [-0.05, 0) is 24.1 Å². The number of hydrogen-bond acceptors (Lipinski definition) is 5. The molecule has 0 aliphatic carbocycles. The summed E-state index contributed by atoms with van der Waals surface area (Å²) in [6, 6.07) is 8.50. The summed E-state index contributed by atoms with van der Waals surface area (Å²) in [6.45, 7) is 6.39. The van der Waals surface area contributed by atoms with Crippen molar-refractivity contribution in [1.29, 1.82) is 0 Å². The number of benzene rings is 1. The predicted molar refractivity (Wildman–Crippen MR) is 92.7 cm³/mol. The quantitative estimate of drug-likeness (QED) is 0.730. The molecule has 0 radical (unpaired) electrons. The van der Waals surface area contributed by atoms with Crippen LogP contribution in [0.3, 0.4) is 0 Å². The minimum absolute atomic E-state index is 0.0860. The molecule has 2 rings (SSSR count). The van der Waals surface area contributed by atoms with Gasteiger partial charge >= 0.3 is 6.01 Å². The van der Waals surface area contributed by atoms with Crippen LogP contribution in [0.4, 0.5) is 6.01 Å². The Balaban J connectivity index is 1.89. The lowest BCUT2D eigenvalue weighted by Crippen LogP contribution is -2.11. The van der Waals surface area contributed by atoms with Crippen LogP contribution in [0.2, 0.25) is 0 Å². The van der Waals surface area contributed by atoms with Gasteiger partial charge in [0.15, 0.2) is 0 Å². The summed E-state index contributed by atoms with van der Waals surface area (Å²) in [5, 5.41) is 11.0. The maximum absolute atomic E-state index is 11.6. The number of nitrogens with zero attached hydrogens (tertiary/aromatic N) is 2. The van der Waals surface area contributed by atoms with E-state index in [1.807, 2.05) is 18.7 Å². The van der Waals surface area contributed by atoms with Crippen LogP contribution in [0.25, 0.3) is 0 Å². The zero-order chi connectivity index (χ0) is 16.7. The highest BCUT2D eigenvalue weighted by atomic mass is 32.2. The average molecular weight is 333 g/mol. The molecule has 124 valence electrons. The molecule has 6 heteroatoms. The molecule has 0 aliphatic rings. The number of carbonyl (C=O) groups is 1. The molecule has 1 amide bonds. The van der Waals surface area contributed by atoms with Crippen LogP contribution in [0.15, 0.2) is 33.6 Å². The maximum atomic E-state index is 11.6. The van der Waals surface area contributed by atoms with Crippen LogP contribution in [-0.4, -0.2) is 21.4 Å². The fourth-order valence-electron chi connectivity index (χ4n) is 2.03. The maximum Gasteiger partial charge on any atom is 0.322 e. The molecule has 23 heavy (non-hydrogen) atoms. The normalized spacial score (nSPS) is 11.0. The van der Waals surface area contributed by atoms with E-state index in [0.29, 0.717) is 24.0 Å². The van der Waals surface area contributed by atoms with E-state index < -0.39 is 0 Å². The third-order valence-electron chi connectivity index (χ3n) is 3.12. The molecular formula is C17H23N3O2S. The molecule has 0 aliphatic heterocycles. The number of rotatable bonds is 8. The molecule has 1 N–H and O–H groups in total. The monoisotopic (exact) mass is 333 g/mol. The van der Waals surface area contributed by atoms with Gasteiger partial charge in [0.1, 0.15) is 0 Å². The van der Waals surface area contributed by atoms with Gasteiger partial charge in [-0.2, -0.15) is 0 Å². The average Bonchev–Trinajstić information content (AvgIpc) is 2.93. The van der Waals surface area contributed by atoms with Crippen molar-refractivity contribution in [1.82, 2.24) is 10.2 Å². The number of nitrogens with one attached hydrogen (secondary N) is 1. The van der Waals surface area contributed by atoms with Gasteiger partial charge < -0.3 is 4.42 Å². The van der Waals surface area contributed by atoms with Crippen molar-refractivity contribution in [3.63, 3.8) is 0 Å². The third-order valence-corrected chi connectivity index (χ3v) is 4.14. The van der Waals surface area contributed by atoms with Crippen molar-refractivity contribution in [3.8, 4) is 0 Å². The highest BCUT2D eigenvalue weighted by Gasteiger charge is 2.10. The van der Waals surface area contributed by atoms with Crippen LogP contribution in [0.5, 0.6) is 0 Å². The van der Waals surface area contributed by atoms with E-state index in [4.69, 9.17) is 4.42 Å². The molecular weight excluding hydrogens is 310 g/mol. The smallest absolute Gasteiger partial charge is 0.322 e. The van der Waals surface area contributed by atoms with Crippen molar-refractivity contribution in [3.05, 3.63) is 35.7 Å². The van der Waals surface area contributed by atoms with Crippen LogP contribution in [0.1, 0.15) is 51.5 Å². The van der Waals surface area contributed by atoms with Crippen LogP contribution < -0.4 is 5.32 Å². The second-order valence-electron chi connectivity index (χ2n) is 5.64. The molecule has 1 aromatic carbocycles. The predicted octanol–water partition coefficient (Wildman–Crippen LogP) is 4.29. The summed E-state index contributed by atoms with van der Waals surface area (Å²) in [6.07, 6.45) is 2.87. The molecule has 2 aromatic rings. The fourth-order valence-corrected chi connectivity index (χ4v) is 2.86. The van der Waals surface area contributed by atoms with Crippen LogP contribution in [-0.2, 0) is 11.2 Å². The minimum atomic E-state index is -0.0860. The van der Waals surface area contributed by atoms with E-state index in [-0.39, 0.29) is 11.9 Å². The molecule has 0 fully saturated rings. The Hall–Kier alpha value is -1.82. The van der Waals surface area contributed by atoms with Crippen molar-refractivity contribution < 1.29 is 9.21 Å². The highest BCUT2D eigenvalue weighted by Crippen LogP contribution is 2.23. The van der Waals surface area contributed by atoms with Crippen molar-refractivity contribution >= 4 is 23.7 Å². The number of carbonyl (C=O) groups excluding carboxylic acids is 1. The van der Waals surface area contributed by atoms with E-state index in [9.17, 15) is 4.79 Å². The Labute approximate surface area is 141 Å². The van der Waals surface area contributed by atoms with Gasteiger partial charge in [0.2, 0.25) is 11.8 Å². The zero-order valence-corrected chi connectivity index (χ0v) is 14.7. The summed E-state index contributed by atoms with van der Waals surface area (Å²) >= 11 is 1.83. The second kappa shape index (κ2) is 8.72. The standard InChI is InChI=1S/C17H23N3O2S/c1-4-5-6-15(21)18-17-20-19-16(22-17)11-13-7-9-14(10-8-13)23-12(2)3/h7-10,12H,4-6,11H2,1-3H3,(H,18,20,21). The van der Waals surface area contributed by atoms with Gasteiger partial charge in [0.25, 0.3) is 0 Å². The summed E-state index contributed by atoms with van der Waals surface area (Å²) in [4.78, 5) is 12.9. The van der Waals surface area contributed by atoms with Crippen molar-refractivity contribution in [2.75, 3.05) is 5.32 Å². The van der Waals surface area contributed by atoms with Gasteiger partial charge in [-0.1, -0.05) is 44.4 Å². The van der Waals surface area contributed by atoms with E-state index in [0.717, 1.165) is 18.4 Å². The van der Waals surface area contributed by atoms with E-state index in [1.165, 1.54) is 4.90 Å². The molecule has 0 bridgehead atoms. The first-order valence-electron chi connectivity index (χ1n) is 7.94. The second-order valence-corrected chi connectivity index (χ2v) is 7.29. The third kappa shape index (κ3) is 6.06. The first-order valence-corrected chi connectivity index (χ1v) is 8.82. The number of amides is 1. The molecule has 5 nitrogen and oxygen atoms in total. The Morgan fingerprint density at radius 1 is 1.26 bits per heavy atom. The lowest BCUT2D eigenvalue weighted by atomic mass is 10.1. The van der Waals surface area contributed by atoms with E-state index in [1.54, 1.807) is 0 Å². The minimum Gasteiger partial charge on any atom is -0.407 e. The summed E-state index contributed by atoms with van der Waals surface area (Å²) in [5.74, 6) is 0.414. The molecule has 0 saturated heterocycles. The van der Waals surface area contributed by atoms with Gasteiger partial charge in [-0.25, -0.2) is 0 Å². The molecule has 0 unspecified atom stereocenters. The van der Waals surface area contributed by atoms with Gasteiger partial charge in [0.05, 0.1) is 6.42 Å². The van der Waals surface area contributed by atoms with Gasteiger partial charge in [0, 0.05) is 16.6 Å². The first kappa shape index (κ1) is 17.5. The molecule has 0 atom stereocenters. The SMILES string of the molecule is CCCCC(=O)Nc1nnc(Cc2ccc(SC(C)C)cc2)o1. The summed E-state index contributed by atoms with van der Waals surface area (Å²) in [7, 11) is 0. The Morgan fingerprint density at radius 3 is 2.65 bits per heavy atom. The Kier molecular flexibility index (Phi) is 6.65. The number of anilines is 1. The van der Waals surface area contributed by atoms with Crippen LogP contribution in [0, 0.1) is 0 Å². The number of unbranched alkanes of at least 4 members (excludes halogenated alkanes) is 1. The zero-order valence-electron chi connectivity index (χ0n) is 13.8. The number of hydrogen-bond donors (Lipinski definition) is 1. The van der Waals surface area contributed by atoms with Crippen LogP contribution >= 0.6 is 11.8 Å². The molecule has 1 aromatic heterocycles.